The van der Waals surface area contributed by atoms with Gasteiger partial charge in [0.1, 0.15) is 16.6 Å². The molecule has 26 heavy (non-hydrogen) atoms. The number of halogens is 5. The van der Waals surface area contributed by atoms with Gasteiger partial charge in [0.2, 0.25) is 5.28 Å². The number of nitrogen functional groups attached to an aromatic ring is 1. The van der Waals surface area contributed by atoms with Crippen LogP contribution in [0.5, 0.6) is 0 Å². The summed E-state index contributed by atoms with van der Waals surface area (Å²) in [7, 11) is 1.72. The summed E-state index contributed by atoms with van der Waals surface area (Å²) >= 11 is 12.1. The van der Waals surface area contributed by atoms with Gasteiger partial charge >= 0.3 is 6.18 Å². The summed E-state index contributed by atoms with van der Waals surface area (Å²) in [6.45, 7) is 1.70. The maximum absolute atomic E-state index is 13.0. The van der Waals surface area contributed by atoms with Gasteiger partial charge in [-0.2, -0.15) is 18.2 Å². The summed E-state index contributed by atoms with van der Waals surface area (Å²) in [6, 6.07) is 4.56. The van der Waals surface area contributed by atoms with Gasteiger partial charge in [-0.05, 0) is 48.4 Å². The molecule has 3 aromatic rings. The molecule has 0 unspecified atom stereocenters. The third-order valence-corrected chi connectivity index (χ3v) is 4.49. The molecule has 138 valence electrons. The van der Waals surface area contributed by atoms with E-state index < -0.39 is 17.8 Å². The molecule has 0 saturated heterocycles. The number of rotatable bonds is 3. The number of anilines is 2. The third-order valence-electron chi connectivity index (χ3n) is 3.96. The van der Waals surface area contributed by atoms with Gasteiger partial charge in [0, 0.05) is 12.7 Å². The van der Waals surface area contributed by atoms with Crippen LogP contribution in [-0.4, -0.2) is 14.5 Å². The van der Waals surface area contributed by atoms with Crippen LogP contribution in [0.15, 0.2) is 24.3 Å². The molecule has 2 heterocycles. The molecule has 0 bridgehead atoms. The Labute approximate surface area is 156 Å². The highest BCUT2D eigenvalue weighted by molar-refractivity contribution is 6.31. The number of fused-ring (bicyclic) bond motifs is 1. The molecule has 2 aromatic heterocycles. The molecule has 0 spiro atoms. The first-order valence-electron chi connectivity index (χ1n) is 7.49. The molecule has 3 rings (SSSR count). The first-order valence-corrected chi connectivity index (χ1v) is 8.24. The number of aryl methyl sites for hydroxylation is 1. The van der Waals surface area contributed by atoms with E-state index in [0.29, 0.717) is 27.6 Å². The zero-order chi connectivity index (χ0) is 19.2. The quantitative estimate of drug-likeness (QED) is 0.474. The van der Waals surface area contributed by atoms with Crippen LogP contribution < -0.4 is 11.1 Å². The van der Waals surface area contributed by atoms with Gasteiger partial charge in [0.05, 0.1) is 17.0 Å². The predicted octanol–water partition coefficient (Wildman–Crippen LogP) is 5.05. The summed E-state index contributed by atoms with van der Waals surface area (Å²) in [5, 5.41) is 4.08. The molecule has 0 saturated carbocycles. The molecule has 0 amide bonds. The van der Waals surface area contributed by atoms with Gasteiger partial charge < -0.3 is 15.6 Å². The second kappa shape index (κ2) is 6.51. The summed E-state index contributed by atoms with van der Waals surface area (Å²) < 4.78 is 40.7. The molecular formula is C16H14Cl2F3N5. The summed E-state index contributed by atoms with van der Waals surface area (Å²) in [4.78, 5) is 8.25. The first-order chi connectivity index (χ1) is 12.1. The van der Waals surface area contributed by atoms with Gasteiger partial charge in [-0.25, -0.2) is 4.98 Å². The molecule has 0 radical (unpaired) electrons. The molecule has 0 fully saturated rings. The van der Waals surface area contributed by atoms with Gasteiger partial charge in [-0.3, -0.25) is 0 Å². The van der Waals surface area contributed by atoms with Crippen molar-refractivity contribution in [3.8, 4) is 0 Å². The van der Waals surface area contributed by atoms with Crippen molar-refractivity contribution < 1.29 is 13.2 Å². The van der Waals surface area contributed by atoms with Crippen LogP contribution in [0.2, 0.25) is 10.4 Å². The first kappa shape index (κ1) is 18.6. The van der Waals surface area contributed by atoms with Crippen LogP contribution in [0, 0.1) is 0 Å². The Kier molecular flexibility index (Phi) is 4.66. The molecule has 1 aromatic carbocycles. The fourth-order valence-electron chi connectivity index (χ4n) is 2.63. The number of nitrogens with two attached hydrogens (primary N) is 1. The highest BCUT2D eigenvalue weighted by Gasteiger charge is 2.31. The molecule has 3 N–H and O–H groups in total. The average molecular weight is 404 g/mol. The monoisotopic (exact) mass is 403 g/mol. The Balaban J connectivity index is 2.01. The molecule has 0 aliphatic carbocycles. The van der Waals surface area contributed by atoms with Crippen molar-refractivity contribution in [1.82, 2.24) is 14.5 Å². The minimum Gasteiger partial charge on any atom is -0.399 e. The molecular weight excluding hydrogens is 390 g/mol. The fraction of sp³-hybridized carbons (Fsp3) is 0.250. The lowest BCUT2D eigenvalue weighted by molar-refractivity contribution is -0.137. The smallest absolute Gasteiger partial charge is 0.399 e. The van der Waals surface area contributed by atoms with Gasteiger partial charge in [0.25, 0.3) is 0 Å². The largest absolute Gasteiger partial charge is 0.416 e. The number of alkyl halides is 3. The van der Waals surface area contributed by atoms with Crippen molar-refractivity contribution >= 4 is 45.7 Å². The van der Waals surface area contributed by atoms with E-state index in [-0.39, 0.29) is 11.0 Å². The van der Waals surface area contributed by atoms with Gasteiger partial charge in [-0.15, -0.1) is 0 Å². The maximum atomic E-state index is 13.0. The Morgan fingerprint density at radius 3 is 2.50 bits per heavy atom. The highest BCUT2D eigenvalue weighted by Crippen LogP contribution is 2.34. The van der Waals surface area contributed by atoms with Crippen molar-refractivity contribution in [3.05, 3.63) is 45.8 Å². The molecule has 1 atom stereocenters. The van der Waals surface area contributed by atoms with Crippen LogP contribution in [0.25, 0.3) is 11.0 Å². The predicted molar refractivity (Wildman–Crippen MR) is 96.4 cm³/mol. The minimum absolute atomic E-state index is 0.00590. The Hall–Kier alpha value is -2.19. The average Bonchev–Trinajstić information content (AvgIpc) is 2.81. The van der Waals surface area contributed by atoms with E-state index in [1.54, 1.807) is 24.6 Å². The van der Waals surface area contributed by atoms with E-state index in [0.717, 1.165) is 12.1 Å². The van der Waals surface area contributed by atoms with Crippen LogP contribution in [0.4, 0.5) is 24.7 Å². The molecule has 0 aliphatic rings. The van der Waals surface area contributed by atoms with E-state index in [1.165, 1.54) is 6.07 Å². The van der Waals surface area contributed by atoms with E-state index in [9.17, 15) is 13.2 Å². The van der Waals surface area contributed by atoms with Gasteiger partial charge in [-0.1, -0.05) is 11.6 Å². The van der Waals surface area contributed by atoms with E-state index in [1.807, 2.05) is 0 Å². The number of nitrogens with zero attached hydrogens (tertiary/aromatic N) is 3. The standard InChI is InChI=1S/C16H14Cl2F3N5/c1-7(8-3-9(16(19,20)21)5-10(22)4-8)23-13-11-6-12(17)26(2)14(11)25-15(18)24-13/h3-7H,22H2,1-2H3,(H,23,24,25)/t7-/m1/s1. The normalized spacial score (nSPS) is 13.2. The minimum atomic E-state index is -4.48. The number of aromatic nitrogens is 3. The van der Waals surface area contributed by atoms with Gasteiger partial charge in [0.15, 0.2) is 0 Å². The highest BCUT2D eigenvalue weighted by atomic mass is 35.5. The number of nitrogens with one attached hydrogen (secondary N) is 1. The Morgan fingerprint density at radius 2 is 1.85 bits per heavy atom. The second-order valence-corrected chi connectivity index (χ2v) is 6.58. The van der Waals surface area contributed by atoms with Crippen LogP contribution in [0.3, 0.4) is 0 Å². The van der Waals surface area contributed by atoms with E-state index in [4.69, 9.17) is 28.9 Å². The summed E-state index contributed by atoms with van der Waals surface area (Å²) in [5.74, 6) is 0.367. The molecule has 5 nitrogen and oxygen atoms in total. The zero-order valence-electron chi connectivity index (χ0n) is 13.7. The van der Waals surface area contributed by atoms with Crippen LogP contribution in [-0.2, 0) is 13.2 Å². The maximum Gasteiger partial charge on any atom is 0.416 e. The molecule has 10 heteroatoms. The number of hydrogen-bond acceptors (Lipinski definition) is 4. The van der Waals surface area contributed by atoms with E-state index in [2.05, 4.69) is 15.3 Å². The lowest BCUT2D eigenvalue weighted by Gasteiger charge is -2.18. The molecule has 0 aliphatic heterocycles. The Morgan fingerprint density at radius 1 is 1.15 bits per heavy atom. The second-order valence-electron chi connectivity index (χ2n) is 5.86. The number of hydrogen-bond donors (Lipinski definition) is 2. The van der Waals surface area contributed by atoms with Crippen LogP contribution in [0.1, 0.15) is 24.1 Å². The lowest BCUT2D eigenvalue weighted by Crippen LogP contribution is -2.12. The van der Waals surface area contributed by atoms with E-state index >= 15 is 0 Å². The Bertz CT molecular complexity index is 984. The topological polar surface area (TPSA) is 68.8 Å². The van der Waals surface area contributed by atoms with Crippen molar-refractivity contribution in [2.24, 2.45) is 7.05 Å². The van der Waals surface area contributed by atoms with Crippen molar-refractivity contribution in [3.63, 3.8) is 0 Å². The van der Waals surface area contributed by atoms with Crippen molar-refractivity contribution in [1.29, 1.82) is 0 Å². The fourth-order valence-corrected chi connectivity index (χ4v) is 2.98. The van der Waals surface area contributed by atoms with Crippen molar-refractivity contribution in [2.75, 3.05) is 11.1 Å². The third kappa shape index (κ3) is 3.52. The summed E-state index contributed by atoms with van der Waals surface area (Å²) in [5.41, 5.74) is 5.72. The lowest BCUT2D eigenvalue weighted by atomic mass is 10.0. The number of benzene rings is 1. The SMILES string of the molecule is C[C@@H](Nc1nc(Cl)nc2c1cc(Cl)n2C)c1cc(N)cc(C(F)(F)F)c1. The summed E-state index contributed by atoms with van der Waals surface area (Å²) in [6.07, 6.45) is -4.48. The van der Waals surface area contributed by atoms with Crippen molar-refractivity contribution in [2.45, 2.75) is 19.1 Å². The zero-order valence-corrected chi connectivity index (χ0v) is 15.2. The van der Waals surface area contributed by atoms with Crippen LogP contribution >= 0.6 is 23.2 Å².